The molecule has 0 aliphatic heterocycles. The van der Waals surface area contributed by atoms with Gasteiger partial charge in [-0.1, -0.05) is 29.8 Å². The number of rotatable bonds is 6. The molecule has 0 bridgehead atoms. The molecule has 0 aliphatic carbocycles. The quantitative estimate of drug-likeness (QED) is 0.604. The van der Waals surface area contributed by atoms with E-state index in [1.165, 1.54) is 19.3 Å². The van der Waals surface area contributed by atoms with Crippen LogP contribution < -0.4 is 5.32 Å². The topological polar surface area (TPSA) is 81.7 Å². The summed E-state index contributed by atoms with van der Waals surface area (Å²) in [5.74, 6) is -1.60. The predicted molar refractivity (Wildman–Crippen MR) is 103 cm³/mol. The van der Waals surface area contributed by atoms with Crippen LogP contribution in [0.25, 0.3) is 6.08 Å². The Balaban J connectivity index is 1.83. The van der Waals surface area contributed by atoms with Gasteiger partial charge in [0.05, 0.1) is 23.4 Å². The summed E-state index contributed by atoms with van der Waals surface area (Å²) in [4.78, 5) is 34.9. The van der Waals surface area contributed by atoms with Crippen LogP contribution in [0.5, 0.6) is 0 Å². The molecule has 0 spiro atoms. The Labute approximate surface area is 161 Å². The highest BCUT2D eigenvalue weighted by molar-refractivity contribution is 6.33. The van der Waals surface area contributed by atoms with Gasteiger partial charge in [-0.2, -0.15) is 0 Å². The average molecular weight is 388 g/mol. The number of benzene rings is 2. The zero-order valence-corrected chi connectivity index (χ0v) is 15.6. The second-order valence-electron chi connectivity index (χ2n) is 5.59. The number of halogens is 1. The molecular weight excluding hydrogens is 370 g/mol. The fourth-order valence-corrected chi connectivity index (χ4v) is 2.39. The number of hydrogen-bond acceptors (Lipinski definition) is 5. The number of ether oxygens (including phenoxy) is 2. The molecule has 0 fully saturated rings. The minimum absolute atomic E-state index is 0.406. The summed E-state index contributed by atoms with van der Waals surface area (Å²) in [5.41, 5.74) is 2.51. The van der Waals surface area contributed by atoms with Crippen molar-refractivity contribution in [1.82, 2.24) is 0 Å². The van der Waals surface area contributed by atoms with Crippen molar-refractivity contribution < 1.29 is 23.9 Å². The lowest BCUT2D eigenvalue weighted by Crippen LogP contribution is -2.20. The van der Waals surface area contributed by atoms with E-state index < -0.39 is 24.5 Å². The lowest BCUT2D eigenvalue weighted by atomic mass is 10.1. The maximum absolute atomic E-state index is 11.8. The molecule has 27 heavy (non-hydrogen) atoms. The van der Waals surface area contributed by atoms with Crippen LogP contribution in [0.15, 0.2) is 48.5 Å². The van der Waals surface area contributed by atoms with Gasteiger partial charge in [0.25, 0.3) is 5.91 Å². The van der Waals surface area contributed by atoms with Crippen LogP contribution in [0.4, 0.5) is 5.69 Å². The molecule has 0 saturated carbocycles. The van der Waals surface area contributed by atoms with Gasteiger partial charge in [-0.3, -0.25) is 4.79 Å². The highest BCUT2D eigenvalue weighted by atomic mass is 35.5. The first-order valence-electron chi connectivity index (χ1n) is 7.98. The van der Waals surface area contributed by atoms with Crippen molar-refractivity contribution in [2.75, 3.05) is 19.0 Å². The number of hydrogen-bond donors (Lipinski definition) is 1. The highest BCUT2D eigenvalue weighted by Crippen LogP contribution is 2.22. The molecule has 1 amide bonds. The van der Waals surface area contributed by atoms with Crippen LogP contribution in [0.2, 0.25) is 5.02 Å². The number of carbonyl (C=O) groups is 3. The molecule has 1 N–H and O–H groups in total. The van der Waals surface area contributed by atoms with Gasteiger partial charge >= 0.3 is 11.9 Å². The third kappa shape index (κ3) is 6.27. The normalized spacial score (nSPS) is 10.5. The Kier molecular flexibility index (Phi) is 7.14. The molecule has 0 heterocycles. The smallest absolute Gasteiger partial charge is 0.337 e. The van der Waals surface area contributed by atoms with E-state index in [0.29, 0.717) is 21.8 Å². The van der Waals surface area contributed by atoms with E-state index in [1.54, 1.807) is 36.4 Å². The number of esters is 2. The second kappa shape index (κ2) is 9.54. The van der Waals surface area contributed by atoms with Gasteiger partial charge in [-0.15, -0.1) is 0 Å². The summed E-state index contributed by atoms with van der Waals surface area (Å²) in [5, 5.41) is 2.98. The first kappa shape index (κ1) is 20.2. The molecule has 0 saturated heterocycles. The minimum Gasteiger partial charge on any atom is -0.465 e. The molecule has 0 atom stereocenters. The van der Waals surface area contributed by atoms with E-state index in [2.05, 4.69) is 10.1 Å². The number of nitrogens with one attached hydrogen (secondary N) is 1. The summed E-state index contributed by atoms with van der Waals surface area (Å²) in [6.45, 7) is 1.45. The average Bonchev–Trinajstić information content (AvgIpc) is 2.66. The monoisotopic (exact) mass is 387 g/mol. The molecule has 0 aromatic heterocycles. The van der Waals surface area contributed by atoms with E-state index in [4.69, 9.17) is 16.3 Å². The fraction of sp³-hybridized carbons (Fsp3) is 0.150. The van der Waals surface area contributed by atoms with Crippen LogP contribution in [0, 0.1) is 6.92 Å². The minimum atomic E-state index is -0.669. The largest absolute Gasteiger partial charge is 0.465 e. The van der Waals surface area contributed by atoms with Crippen molar-refractivity contribution in [2.24, 2.45) is 0 Å². The van der Waals surface area contributed by atoms with E-state index in [0.717, 1.165) is 5.56 Å². The number of amides is 1. The standard InChI is InChI=1S/C20H18ClNO5/c1-13-3-9-17(16(21)11-13)22-18(23)12-27-19(24)10-6-14-4-7-15(8-5-14)20(25)26-2/h3-11H,12H2,1-2H3,(H,22,23)/b10-6+. The van der Waals surface area contributed by atoms with Crippen LogP contribution in [-0.2, 0) is 19.1 Å². The number of methoxy groups -OCH3 is 1. The first-order chi connectivity index (χ1) is 12.9. The van der Waals surface area contributed by atoms with Crippen molar-refractivity contribution in [2.45, 2.75) is 6.92 Å². The van der Waals surface area contributed by atoms with E-state index in [-0.39, 0.29) is 0 Å². The third-order valence-corrected chi connectivity index (χ3v) is 3.80. The number of aryl methyl sites for hydroxylation is 1. The molecule has 140 valence electrons. The van der Waals surface area contributed by atoms with Crippen molar-refractivity contribution >= 4 is 41.2 Å². The summed E-state index contributed by atoms with van der Waals surface area (Å²) < 4.78 is 9.49. The Morgan fingerprint density at radius 3 is 2.44 bits per heavy atom. The predicted octanol–water partition coefficient (Wildman–Crippen LogP) is 3.63. The molecule has 0 unspecified atom stereocenters. The third-order valence-electron chi connectivity index (χ3n) is 3.49. The summed E-state index contributed by atoms with van der Waals surface area (Å²) in [7, 11) is 1.30. The Hall–Kier alpha value is -3.12. The lowest BCUT2D eigenvalue weighted by Gasteiger charge is -2.07. The molecule has 6 nitrogen and oxygen atoms in total. The lowest BCUT2D eigenvalue weighted by molar-refractivity contribution is -0.142. The van der Waals surface area contributed by atoms with Crippen LogP contribution >= 0.6 is 11.6 Å². The van der Waals surface area contributed by atoms with Crippen molar-refractivity contribution in [3.8, 4) is 0 Å². The SMILES string of the molecule is COC(=O)c1ccc(/C=C/C(=O)OCC(=O)Nc2ccc(C)cc2Cl)cc1. The second-order valence-corrected chi connectivity index (χ2v) is 5.99. The van der Waals surface area contributed by atoms with Crippen molar-refractivity contribution in [3.05, 3.63) is 70.3 Å². The van der Waals surface area contributed by atoms with Gasteiger partial charge < -0.3 is 14.8 Å². The molecule has 0 aliphatic rings. The summed E-state index contributed by atoms with van der Waals surface area (Å²) in [6, 6.07) is 11.7. The van der Waals surface area contributed by atoms with E-state index in [1.807, 2.05) is 13.0 Å². The van der Waals surface area contributed by atoms with Gasteiger partial charge in [0.2, 0.25) is 0 Å². The van der Waals surface area contributed by atoms with Crippen molar-refractivity contribution in [1.29, 1.82) is 0 Å². The van der Waals surface area contributed by atoms with Crippen LogP contribution in [-0.4, -0.2) is 31.6 Å². The van der Waals surface area contributed by atoms with Gasteiger partial charge in [-0.25, -0.2) is 9.59 Å². The zero-order valence-electron chi connectivity index (χ0n) is 14.8. The maximum Gasteiger partial charge on any atom is 0.337 e. The Bertz CT molecular complexity index is 874. The molecule has 7 heteroatoms. The van der Waals surface area contributed by atoms with Gasteiger partial charge in [0, 0.05) is 6.08 Å². The molecule has 2 aromatic rings. The number of carbonyl (C=O) groups excluding carboxylic acids is 3. The first-order valence-corrected chi connectivity index (χ1v) is 8.36. The number of anilines is 1. The van der Waals surface area contributed by atoms with Gasteiger partial charge in [0.1, 0.15) is 0 Å². The van der Waals surface area contributed by atoms with Gasteiger partial charge in [0.15, 0.2) is 6.61 Å². The Morgan fingerprint density at radius 2 is 1.81 bits per heavy atom. The van der Waals surface area contributed by atoms with E-state index in [9.17, 15) is 14.4 Å². The maximum atomic E-state index is 11.8. The van der Waals surface area contributed by atoms with Crippen LogP contribution in [0.3, 0.4) is 0 Å². The zero-order chi connectivity index (χ0) is 19.8. The van der Waals surface area contributed by atoms with E-state index >= 15 is 0 Å². The summed E-state index contributed by atoms with van der Waals surface area (Å²) in [6.07, 6.45) is 2.71. The molecule has 2 rings (SSSR count). The summed E-state index contributed by atoms with van der Waals surface area (Å²) >= 11 is 6.03. The fourth-order valence-electron chi connectivity index (χ4n) is 2.11. The molecule has 0 radical (unpaired) electrons. The van der Waals surface area contributed by atoms with Crippen molar-refractivity contribution in [3.63, 3.8) is 0 Å². The Morgan fingerprint density at radius 1 is 1.11 bits per heavy atom. The van der Waals surface area contributed by atoms with Crippen LogP contribution in [0.1, 0.15) is 21.5 Å². The highest BCUT2D eigenvalue weighted by Gasteiger charge is 2.08. The molecular formula is C20H18ClNO5. The molecule has 2 aromatic carbocycles. The van der Waals surface area contributed by atoms with Gasteiger partial charge in [-0.05, 0) is 48.4 Å².